The van der Waals surface area contributed by atoms with Gasteiger partial charge in [-0.3, -0.25) is 0 Å². The second-order valence-corrected chi connectivity index (χ2v) is 13.4. The molecule has 0 unspecified atom stereocenters. The maximum absolute atomic E-state index is 13.3. The van der Waals surface area contributed by atoms with Crippen LogP contribution in [0, 0.1) is 48.4 Å². The standard InChI is InChI=1S/C51H38O2/c1-4-7-8-9-10-11-24-53-51(52)50-30-40(14-12-38-18-22-44-32-42-20-16-36(5-2)26-46(42)34-48(44)28-38)25-41(31-50)15-13-39-19-23-45-33-43-21-17-37(6-3)27-47(43)35-49(45)29-39/h2-3,16-23,25-35H,4,7-11,24H2,1H3. The third kappa shape index (κ3) is 8.44. The number of benzene rings is 7. The lowest BCUT2D eigenvalue weighted by molar-refractivity contribution is 0.0497. The summed E-state index contributed by atoms with van der Waals surface area (Å²) in [5, 5.41) is 8.87. The maximum Gasteiger partial charge on any atom is 0.338 e. The fraction of sp³-hybridized carbons (Fsp3) is 0.157. The van der Waals surface area contributed by atoms with Crippen molar-refractivity contribution in [2.24, 2.45) is 0 Å². The smallest absolute Gasteiger partial charge is 0.338 e. The molecule has 53 heavy (non-hydrogen) atoms. The fourth-order valence-electron chi connectivity index (χ4n) is 6.64. The molecule has 0 heterocycles. The lowest BCUT2D eigenvalue weighted by atomic mass is 10.00. The number of fused-ring (bicyclic) bond motifs is 4. The van der Waals surface area contributed by atoms with E-state index < -0.39 is 0 Å². The number of unbranched alkanes of at least 4 members (excludes halogenated alkanes) is 5. The average molecular weight is 683 g/mol. The first kappa shape index (κ1) is 34.7. The fourth-order valence-corrected chi connectivity index (χ4v) is 6.64. The van der Waals surface area contributed by atoms with Crippen LogP contribution in [0.4, 0.5) is 0 Å². The van der Waals surface area contributed by atoms with Crippen LogP contribution in [-0.4, -0.2) is 12.6 Å². The largest absolute Gasteiger partial charge is 0.462 e. The second kappa shape index (κ2) is 16.1. The Morgan fingerprint density at radius 3 is 1.32 bits per heavy atom. The molecule has 7 aromatic carbocycles. The van der Waals surface area contributed by atoms with Crippen molar-refractivity contribution in [1.82, 2.24) is 0 Å². The normalized spacial score (nSPS) is 10.6. The zero-order valence-electron chi connectivity index (χ0n) is 29.9. The summed E-state index contributed by atoms with van der Waals surface area (Å²) in [6.07, 6.45) is 18.0. The summed E-state index contributed by atoms with van der Waals surface area (Å²) in [5.74, 6) is 18.3. The lowest BCUT2D eigenvalue weighted by Gasteiger charge is -2.06. The van der Waals surface area contributed by atoms with E-state index in [2.05, 4.69) is 103 Å². The topological polar surface area (TPSA) is 26.3 Å². The predicted molar refractivity (Wildman–Crippen MR) is 221 cm³/mol. The van der Waals surface area contributed by atoms with E-state index >= 15 is 0 Å². The Labute approximate surface area is 312 Å². The third-order valence-electron chi connectivity index (χ3n) is 9.53. The third-order valence-corrected chi connectivity index (χ3v) is 9.53. The summed E-state index contributed by atoms with van der Waals surface area (Å²) in [6, 6.07) is 38.6. The summed E-state index contributed by atoms with van der Waals surface area (Å²) in [6.45, 7) is 2.60. The Balaban J connectivity index is 1.19. The van der Waals surface area contributed by atoms with Crippen molar-refractivity contribution in [2.75, 3.05) is 6.61 Å². The molecule has 0 saturated heterocycles. The van der Waals surface area contributed by atoms with Crippen molar-refractivity contribution in [3.05, 3.63) is 154 Å². The van der Waals surface area contributed by atoms with E-state index in [1.165, 1.54) is 19.3 Å². The molecule has 7 rings (SSSR count). The van der Waals surface area contributed by atoms with Gasteiger partial charge in [0.15, 0.2) is 0 Å². The van der Waals surface area contributed by atoms with Crippen molar-refractivity contribution >= 4 is 49.1 Å². The van der Waals surface area contributed by atoms with Gasteiger partial charge in [-0.15, -0.1) is 12.8 Å². The van der Waals surface area contributed by atoms with Crippen LogP contribution in [0.1, 0.15) is 89.2 Å². The first-order chi connectivity index (χ1) is 26.0. The summed E-state index contributed by atoms with van der Waals surface area (Å²) < 4.78 is 5.71. The Kier molecular flexibility index (Phi) is 10.5. The second-order valence-electron chi connectivity index (χ2n) is 13.4. The molecule has 0 saturated carbocycles. The first-order valence-electron chi connectivity index (χ1n) is 18.2. The molecule has 0 fully saturated rings. The summed E-state index contributed by atoms with van der Waals surface area (Å²) in [7, 11) is 0. The quantitative estimate of drug-likeness (QED) is 0.0690. The van der Waals surface area contributed by atoms with E-state index in [-0.39, 0.29) is 5.97 Å². The molecule has 0 spiro atoms. The highest BCUT2D eigenvalue weighted by Crippen LogP contribution is 2.26. The van der Waals surface area contributed by atoms with Crippen molar-refractivity contribution in [3.63, 3.8) is 0 Å². The highest BCUT2D eigenvalue weighted by atomic mass is 16.5. The van der Waals surface area contributed by atoms with Crippen molar-refractivity contribution in [3.8, 4) is 48.4 Å². The molecule has 2 nitrogen and oxygen atoms in total. The van der Waals surface area contributed by atoms with Crippen LogP contribution < -0.4 is 0 Å². The number of hydrogen-bond acceptors (Lipinski definition) is 2. The van der Waals surface area contributed by atoms with E-state index in [4.69, 9.17) is 17.6 Å². The Bertz CT molecular complexity index is 2570. The zero-order valence-corrected chi connectivity index (χ0v) is 29.9. The van der Waals surface area contributed by atoms with E-state index in [9.17, 15) is 4.79 Å². The molecular weight excluding hydrogens is 645 g/mol. The summed E-state index contributed by atoms with van der Waals surface area (Å²) >= 11 is 0. The molecule has 0 aliphatic rings. The molecule has 0 aliphatic heterocycles. The Morgan fingerprint density at radius 2 is 0.849 bits per heavy atom. The molecule has 0 radical (unpaired) electrons. The minimum Gasteiger partial charge on any atom is -0.462 e. The van der Waals surface area contributed by atoms with Crippen molar-refractivity contribution in [2.45, 2.75) is 45.4 Å². The van der Waals surface area contributed by atoms with E-state index in [0.29, 0.717) is 23.3 Å². The van der Waals surface area contributed by atoms with Crippen molar-refractivity contribution in [1.29, 1.82) is 0 Å². The number of terminal acetylenes is 2. The van der Waals surface area contributed by atoms with Gasteiger partial charge in [-0.05, 0) is 141 Å². The Morgan fingerprint density at radius 1 is 0.453 bits per heavy atom. The van der Waals surface area contributed by atoms with E-state index in [1.807, 2.05) is 42.5 Å². The van der Waals surface area contributed by atoms with E-state index in [1.54, 1.807) is 12.1 Å². The van der Waals surface area contributed by atoms with Gasteiger partial charge in [-0.2, -0.15) is 0 Å². The Hall–Kier alpha value is -6.71. The van der Waals surface area contributed by atoms with Gasteiger partial charge in [-0.1, -0.05) is 98.8 Å². The van der Waals surface area contributed by atoms with Gasteiger partial charge in [0.2, 0.25) is 0 Å². The van der Waals surface area contributed by atoms with Gasteiger partial charge in [0, 0.05) is 33.4 Å². The predicted octanol–water partition coefficient (Wildman–Crippen LogP) is 11.6. The number of carbonyl (C=O) groups excluding carboxylic acids is 1. The molecule has 0 atom stereocenters. The molecule has 0 bridgehead atoms. The SMILES string of the molecule is C#Cc1ccc2cc3ccc(C#Cc4cc(C#Cc5ccc6cc7ccc(C#C)cc7cc6c5)cc(C(=O)OCCCCCCCC)c4)cc3cc2c1. The lowest BCUT2D eigenvalue weighted by Crippen LogP contribution is -2.07. The van der Waals surface area contributed by atoms with Crippen LogP contribution in [0.3, 0.4) is 0 Å². The number of esters is 1. The van der Waals surface area contributed by atoms with Gasteiger partial charge in [0.1, 0.15) is 0 Å². The minimum atomic E-state index is -0.363. The number of ether oxygens (including phenoxy) is 1. The van der Waals surface area contributed by atoms with Crippen LogP contribution in [-0.2, 0) is 4.74 Å². The van der Waals surface area contributed by atoms with E-state index in [0.717, 1.165) is 84.6 Å². The number of carbonyl (C=O) groups is 1. The van der Waals surface area contributed by atoms with Gasteiger partial charge in [0.05, 0.1) is 12.2 Å². The van der Waals surface area contributed by atoms with Crippen LogP contribution in [0.15, 0.2) is 115 Å². The molecule has 254 valence electrons. The maximum atomic E-state index is 13.3. The van der Waals surface area contributed by atoms with Gasteiger partial charge >= 0.3 is 5.97 Å². The molecule has 0 aliphatic carbocycles. The van der Waals surface area contributed by atoms with Gasteiger partial charge < -0.3 is 4.74 Å². The number of rotatable bonds is 8. The monoisotopic (exact) mass is 682 g/mol. The van der Waals surface area contributed by atoms with Gasteiger partial charge in [0.25, 0.3) is 0 Å². The highest BCUT2D eigenvalue weighted by Gasteiger charge is 2.10. The summed E-state index contributed by atoms with van der Waals surface area (Å²) in [5.41, 5.74) is 5.26. The van der Waals surface area contributed by atoms with Gasteiger partial charge in [-0.25, -0.2) is 4.79 Å². The zero-order chi connectivity index (χ0) is 36.6. The van der Waals surface area contributed by atoms with Crippen molar-refractivity contribution < 1.29 is 9.53 Å². The molecule has 0 aromatic heterocycles. The molecule has 0 N–H and O–H groups in total. The van der Waals surface area contributed by atoms with Crippen LogP contribution >= 0.6 is 0 Å². The molecule has 2 heteroatoms. The molecular formula is C51H38O2. The number of hydrogen-bond donors (Lipinski definition) is 0. The summed E-state index contributed by atoms with van der Waals surface area (Å²) in [4.78, 5) is 13.3. The highest BCUT2D eigenvalue weighted by molar-refractivity contribution is 6.00. The van der Waals surface area contributed by atoms with Crippen LogP contribution in [0.5, 0.6) is 0 Å². The minimum absolute atomic E-state index is 0.363. The molecule has 7 aromatic rings. The van der Waals surface area contributed by atoms with Crippen LogP contribution in [0.25, 0.3) is 43.1 Å². The first-order valence-corrected chi connectivity index (χ1v) is 18.2. The molecule has 0 amide bonds. The van der Waals surface area contributed by atoms with Crippen LogP contribution in [0.2, 0.25) is 0 Å². The average Bonchev–Trinajstić information content (AvgIpc) is 3.19.